The molecule has 0 spiro atoms. The molecule has 128 valence electrons. The number of nitrogens with zero attached hydrogens (tertiary/aromatic N) is 1. The first-order valence-corrected chi connectivity index (χ1v) is 8.71. The van der Waals surface area contributed by atoms with Crippen LogP contribution in [-0.2, 0) is 9.59 Å². The standard InChI is InChI=1S/C17H19Cl2N3O2/c18-13-6-14(19)8-15(7-13)22-10-12(5-16(22)23)17(24)21-9-11-1-3-20-4-2-11/h1,6-8,12,20H,2-5,9-10H2,(H,21,24). The molecule has 1 aromatic rings. The maximum Gasteiger partial charge on any atom is 0.227 e. The van der Waals surface area contributed by atoms with Crippen LogP contribution in [0.3, 0.4) is 0 Å². The highest BCUT2D eigenvalue weighted by molar-refractivity contribution is 6.35. The molecule has 0 saturated carbocycles. The van der Waals surface area contributed by atoms with E-state index >= 15 is 0 Å². The molecule has 1 fully saturated rings. The number of hydrogen-bond donors (Lipinski definition) is 2. The molecule has 1 atom stereocenters. The van der Waals surface area contributed by atoms with Gasteiger partial charge in [-0.3, -0.25) is 9.59 Å². The highest BCUT2D eigenvalue weighted by Crippen LogP contribution is 2.30. The maximum absolute atomic E-state index is 12.4. The average Bonchev–Trinajstić information content (AvgIpc) is 2.95. The van der Waals surface area contributed by atoms with Crippen molar-refractivity contribution >= 4 is 40.7 Å². The van der Waals surface area contributed by atoms with Gasteiger partial charge in [-0.2, -0.15) is 0 Å². The lowest BCUT2D eigenvalue weighted by Crippen LogP contribution is -2.35. The molecule has 0 aliphatic carbocycles. The van der Waals surface area contributed by atoms with E-state index < -0.39 is 0 Å². The molecule has 24 heavy (non-hydrogen) atoms. The van der Waals surface area contributed by atoms with Crippen LogP contribution in [0.1, 0.15) is 12.8 Å². The van der Waals surface area contributed by atoms with E-state index in [4.69, 9.17) is 23.2 Å². The van der Waals surface area contributed by atoms with E-state index in [9.17, 15) is 9.59 Å². The Morgan fingerprint density at radius 1 is 1.29 bits per heavy atom. The number of anilines is 1. The molecule has 1 aromatic carbocycles. The molecular weight excluding hydrogens is 349 g/mol. The lowest BCUT2D eigenvalue weighted by molar-refractivity contribution is -0.126. The van der Waals surface area contributed by atoms with Gasteiger partial charge in [0.15, 0.2) is 0 Å². The van der Waals surface area contributed by atoms with Crippen molar-refractivity contribution in [1.29, 1.82) is 0 Å². The highest BCUT2D eigenvalue weighted by atomic mass is 35.5. The first-order valence-electron chi connectivity index (χ1n) is 7.96. The number of carbonyl (C=O) groups is 2. The molecule has 7 heteroatoms. The SMILES string of the molecule is O=C(NCC1=CCNCC1)C1CC(=O)N(c2cc(Cl)cc(Cl)c2)C1. The molecule has 2 amide bonds. The van der Waals surface area contributed by atoms with Gasteiger partial charge in [0.1, 0.15) is 0 Å². The summed E-state index contributed by atoms with van der Waals surface area (Å²) in [6, 6.07) is 4.99. The lowest BCUT2D eigenvalue weighted by Gasteiger charge is -2.18. The Morgan fingerprint density at radius 2 is 2.04 bits per heavy atom. The summed E-state index contributed by atoms with van der Waals surface area (Å²) >= 11 is 12.0. The fourth-order valence-electron chi connectivity index (χ4n) is 3.00. The van der Waals surface area contributed by atoms with E-state index in [0.29, 0.717) is 28.8 Å². The maximum atomic E-state index is 12.4. The Balaban J connectivity index is 1.61. The molecule has 0 radical (unpaired) electrons. The smallest absolute Gasteiger partial charge is 0.227 e. The van der Waals surface area contributed by atoms with Crippen LogP contribution in [-0.4, -0.2) is 38.0 Å². The lowest BCUT2D eigenvalue weighted by atomic mass is 10.1. The summed E-state index contributed by atoms with van der Waals surface area (Å²) in [5, 5.41) is 7.12. The average molecular weight is 368 g/mol. The van der Waals surface area contributed by atoms with E-state index in [-0.39, 0.29) is 24.2 Å². The van der Waals surface area contributed by atoms with Crippen molar-refractivity contribution < 1.29 is 9.59 Å². The van der Waals surface area contributed by atoms with Crippen LogP contribution in [0.5, 0.6) is 0 Å². The van der Waals surface area contributed by atoms with Gasteiger partial charge in [-0.25, -0.2) is 0 Å². The van der Waals surface area contributed by atoms with Gasteiger partial charge < -0.3 is 15.5 Å². The number of benzene rings is 1. The van der Waals surface area contributed by atoms with E-state index in [2.05, 4.69) is 16.7 Å². The molecule has 2 heterocycles. The first-order chi connectivity index (χ1) is 11.5. The zero-order chi connectivity index (χ0) is 17.1. The second kappa shape index (κ2) is 7.55. The van der Waals surface area contributed by atoms with Crippen LogP contribution < -0.4 is 15.5 Å². The van der Waals surface area contributed by atoms with Crippen molar-refractivity contribution in [3.8, 4) is 0 Å². The molecule has 1 saturated heterocycles. The number of nitrogens with one attached hydrogen (secondary N) is 2. The predicted octanol–water partition coefficient (Wildman–Crippen LogP) is 2.38. The minimum Gasteiger partial charge on any atom is -0.352 e. The second-order valence-electron chi connectivity index (χ2n) is 6.07. The summed E-state index contributed by atoms with van der Waals surface area (Å²) in [4.78, 5) is 26.2. The first kappa shape index (κ1) is 17.3. The van der Waals surface area contributed by atoms with Crippen LogP contribution >= 0.6 is 23.2 Å². The van der Waals surface area contributed by atoms with Crippen LogP contribution in [0.4, 0.5) is 5.69 Å². The normalized spacial score (nSPS) is 20.9. The van der Waals surface area contributed by atoms with Crippen molar-refractivity contribution in [3.05, 3.63) is 39.9 Å². The van der Waals surface area contributed by atoms with Crippen LogP contribution in [0.25, 0.3) is 0 Å². The van der Waals surface area contributed by atoms with Crippen LogP contribution in [0.2, 0.25) is 10.0 Å². The summed E-state index contributed by atoms with van der Waals surface area (Å²) in [5.74, 6) is -0.523. The Hall–Kier alpha value is -1.56. The molecule has 0 aromatic heterocycles. The van der Waals surface area contributed by atoms with E-state index in [1.807, 2.05) is 0 Å². The van der Waals surface area contributed by atoms with Gasteiger partial charge in [0.2, 0.25) is 11.8 Å². The van der Waals surface area contributed by atoms with Gasteiger partial charge in [-0.1, -0.05) is 34.9 Å². The summed E-state index contributed by atoms with van der Waals surface area (Å²) in [6.07, 6.45) is 3.25. The summed E-state index contributed by atoms with van der Waals surface area (Å²) in [6.45, 7) is 2.68. The third-order valence-electron chi connectivity index (χ3n) is 4.30. The minimum absolute atomic E-state index is 0.0848. The third kappa shape index (κ3) is 4.09. The van der Waals surface area contributed by atoms with Crippen LogP contribution in [0, 0.1) is 5.92 Å². The molecule has 2 N–H and O–H groups in total. The van der Waals surface area contributed by atoms with E-state index in [1.54, 1.807) is 23.1 Å². The number of hydrogen-bond acceptors (Lipinski definition) is 3. The van der Waals surface area contributed by atoms with Gasteiger partial charge in [0.05, 0.1) is 5.92 Å². The Morgan fingerprint density at radius 3 is 2.71 bits per heavy atom. The Bertz CT molecular complexity index is 670. The molecule has 2 aliphatic heterocycles. The van der Waals surface area contributed by atoms with Gasteiger partial charge in [-0.15, -0.1) is 0 Å². The summed E-state index contributed by atoms with van der Waals surface area (Å²) < 4.78 is 0. The summed E-state index contributed by atoms with van der Waals surface area (Å²) in [5.41, 5.74) is 1.86. The highest BCUT2D eigenvalue weighted by Gasteiger charge is 2.35. The number of halogens is 2. The van der Waals surface area contributed by atoms with Crippen molar-refractivity contribution in [3.63, 3.8) is 0 Å². The fourth-order valence-corrected chi connectivity index (χ4v) is 3.52. The van der Waals surface area contributed by atoms with E-state index in [0.717, 1.165) is 19.5 Å². The predicted molar refractivity (Wildman–Crippen MR) is 95.5 cm³/mol. The van der Waals surface area contributed by atoms with Crippen molar-refractivity contribution in [1.82, 2.24) is 10.6 Å². The monoisotopic (exact) mass is 367 g/mol. The zero-order valence-corrected chi connectivity index (χ0v) is 14.7. The van der Waals surface area contributed by atoms with E-state index in [1.165, 1.54) is 5.57 Å². The fraction of sp³-hybridized carbons (Fsp3) is 0.412. The van der Waals surface area contributed by atoms with Gasteiger partial charge in [0, 0.05) is 41.8 Å². The number of carbonyl (C=O) groups excluding carboxylic acids is 2. The zero-order valence-electron chi connectivity index (χ0n) is 13.1. The molecule has 5 nitrogen and oxygen atoms in total. The Labute approximate surface area is 151 Å². The molecule has 3 rings (SSSR count). The summed E-state index contributed by atoms with van der Waals surface area (Å²) in [7, 11) is 0. The molecule has 1 unspecified atom stereocenters. The molecule has 2 aliphatic rings. The van der Waals surface area contributed by atoms with Crippen molar-refractivity contribution in [2.45, 2.75) is 12.8 Å². The topological polar surface area (TPSA) is 61.4 Å². The number of rotatable bonds is 4. The Kier molecular flexibility index (Phi) is 5.43. The minimum atomic E-state index is -0.349. The third-order valence-corrected chi connectivity index (χ3v) is 4.74. The number of amides is 2. The van der Waals surface area contributed by atoms with Gasteiger partial charge >= 0.3 is 0 Å². The molecular formula is C17H19Cl2N3O2. The second-order valence-corrected chi connectivity index (χ2v) is 6.94. The van der Waals surface area contributed by atoms with Gasteiger partial charge in [-0.05, 0) is 31.2 Å². The largest absolute Gasteiger partial charge is 0.352 e. The quantitative estimate of drug-likeness (QED) is 0.803. The van der Waals surface area contributed by atoms with Crippen molar-refractivity contribution in [2.75, 3.05) is 31.1 Å². The molecule has 0 bridgehead atoms. The van der Waals surface area contributed by atoms with Gasteiger partial charge in [0.25, 0.3) is 0 Å². The van der Waals surface area contributed by atoms with Crippen molar-refractivity contribution in [2.24, 2.45) is 5.92 Å². The van der Waals surface area contributed by atoms with Crippen LogP contribution in [0.15, 0.2) is 29.8 Å².